The maximum Gasteiger partial charge on any atom is 0.387 e. The molecule has 9 nitrogen and oxygen atoms in total. The van der Waals surface area contributed by atoms with Crippen molar-refractivity contribution in [2.24, 2.45) is 5.92 Å². The van der Waals surface area contributed by atoms with E-state index in [0.717, 1.165) is 11.1 Å². The van der Waals surface area contributed by atoms with Crippen LogP contribution in [0.2, 0.25) is 0 Å². The van der Waals surface area contributed by atoms with E-state index in [1.54, 1.807) is 41.3 Å². The van der Waals surface area contributed by atoms with Crippen LogP contribution in [-0.4, -0.2) is 50.1 Å². The second kappa shape index (κ2) is 9.55. The predicted octanol–water partition coefficient (Wildman–Crippen LogP) is 4.16. The summed E-state index contributed by atoms with van der Waals surface area (Å²) in [6.45, 7) is -1.31. The van der Waals surface area contributed by atoms with Crippen molar-refractivity contribution in [3.8, 4) is 16.9 Å². The predicted molar refractivity (Wildman–Crippen MR) is 136 cm³/mol. The number of carbonyl (C=O) groups is 1. The van der Waals surface area contributed by atoms with Gasteiger partial charge in [-0.15, -0.1) is 0 Å². The molecule has 2 aliphatic rings. The molecule has 4 heterocycles. The van der Waals surface area contributed by atoms with Crippen LogP contribution in [0.1, 0.15) is 30.9 Å². The van der Waals surface area contributed by atoms with Gasteiger partial charge in [-0.2, -0.15) is 8.78 Å². The van der Waals surface area contributed by atoms with Gasteiger partial charge in [-0.25, -0.2) is 14.6 Å². The second-order valence-electron chi connectivity index (χ2n) is 9.60. The van der Waals surface area contributed by atoms with Crippen molar-refractivity contribution in [1.82, 2.24) is 19.3 Å². The van der Waals surface area contributed by atoms with Gasteiger partial charge >= 0.3 is 12.6 Å². The average Bonchev–Trinajstić information content (AvgIpc) is 3.48. The number of nitrogens with zero attached hydrogens (tertiary/aromatic N) is 5. The normalized spacial score (nSPS) is 17.8. The van der Waals surface area contributed by atoms with Gasteiger partial charge in [0.25, 0.3) is 5.56 Å². The molecule has 196 valence electrons. The molecule has 2 aromatic carbocycles. The van der Waals surface area contributed by atoms with Gasteiger partial charge in [0.05, 0.1) is 22.9 Å². The zero-order valence-corrected chi connectivity index (χ0v) is 20.3. The molecule has 0 saturated carbocycles. The Hall–Kier alpha value is -4.28. The number of benzene rings is 2. The lowest BCUT2D eigenvalue weighted by Crippen LogP contribution is -2.37. The van der Waals surface area contributed by atoms with E-state index in [9.17, 15) is 23.5 Å². The Morgan fingerprint density at radius 3 is 2.45 bits per heavy atom. The molecule has 0 amide bonds. The van der Waals surface area contributed by atoms with Crippen molar-refractivity contribution >= 4 is 22.8 Å². The van der Waals surface area contributed by atoms with E-state index >= 15 is 0 Å². The van der Waals surface area contributed by atoms with E-state index in [0.29, 0.717) is 61.3 Å². The molecule has 2 aliphatic heterocycles. The summed E-state index contributed by atoms with van der Waals surface area (Å²) >= 11 is 0. The van der Waals surface area contributed by atoms with Gasteiger partial charge in [0.15, 0.2) is 0 Å². The smallest absolute Gasteiger partial charge is 0.387 e. The fraction of sp³-hybridized carbons (Fsp3) is 0.333. The van der Waals surface area contributed by atoms with Crippen molar-refractivity contribution in [2.75, 3.05) is 18.0 Å². The first-order chi connectivity index (χ1) is 18.4. The van der Waals surface area contributed by atoms with Crippen LogP contribution >= 0.6 is 0 Å². The number of aliphatic carboxylic acids is 1. The summed E-state index contributed by atoms with van der Waals surface area (Å²) in [5.74, 6) is -0.444. The Morgan fingerprint density at radius 2 is 1.74 bits per heavy atom. The maximum absolute atomic E-state index is 13.1. The van der Waals surface area contributed by atoms with E-state index in [2.05, 4.69) is 9.97 Å². The van der Waals surface area contributed by atoms with Crippen LogP contribution in [0.5, 0.6) is 5.75 Å². The second-order valence-corrected chi connectivity index (χ2v) is 9.60. The molecule has 0 aliphatic carbocycles. The quantitative estimate of drug-likeness (QED) is 0.407. The standard InChI is InChI=1S/C27H25F2N5O4/c28-26(29)38-23-4-2-1-3-19(23)21-9-12-33-24(35)20-6-5-17(13-22(20)34(21)33)18-14-30-27(31-15-18)32-10-7-16(8-11-32)25(36)37/h1-6,13-16,21,26H,7-12H2,(H,36,37). The van der Waals surface area contributed by atoms with Crippen LogP contribution in [0.25, 0.3) is 22.0 Å². The van der Waals surface area contributed by atoms with Gasteiger partial charge in [0, 0.05) is 43.2 Å². The molecule has 0 bridgehead atoms. The third-order valence-corrected chi connectivity index (χ3v) is 7.47. The molecule has 1 N–H and O–H groups in total. The number of ether oxygens (including phenoxy) is 1. The first kappa shape index (κ1) is 24.1. The summed E-state index contributed by atoms with van der Waals surface area (Å²) in [6, 6.07) is 11.9. The zero-order chi connectivity index (χ0) is 26.4. The molecule has 11 heteroatoms. The number of para-hydroxylation sites is 1. The summed E-state index contributed by atoms with van der Waals surface area (Å²) in [4.78, 5) is 35.3. The fourth-order valence-electron chi connectivity index (χ4n) is 5.57. The first-order valence-corrected chi connectivity index (χ1v) is 12.5. The largest absolute Gasteiger partial charge is 0.481 e. The Balaban J connectivity index is 1.32. The SMILES string of the molecule is O=C(O)C1CCN(c2ncc(-c3ccc4c(=O)n5n(c4c3)C(c3ccccc3OC(F)F)CC5)cn2)CC1. The first-order valence-electron chi connectivity index (χ1n) is 12.5. The highest BCUT2D eigenvalue weighted by Gasteiger charge is 2.30. The highest BCUT2D eigenvalue weighted by Crippen LogP contribution is 2.37. The Morgan fingerprint density at radius 1 is 1.00 bits per heavy atom. The molecule has 38 heavy (non-hydrogen) atoms. The minimum Gasteiger partial charge on any atom is -0.481 e. The number of hydrogen-bond acceptors (Lipinski definition) is 6. The monoisotopic (exact) mass is 521 g/mol. The molecule has 1 fully saturated rings. The molecule has 0 spiro atoms. The average molecular weight is 522 g/mol. The lowest BCUT2D eigenvalue weighted by Gasteiger charge is -2.30. The minimum absolute atomic E-state index is 0.0998. The number of piperidine rings is 1. The molecule has 0 radical (unpaired) electrons. The molecule has 4 aromatic rings. The summed E-state index contributed by atoms with van der Waals surface area (Å²) in [7, 11) is 0. The Kier molecular flexibility index (Phi) is 6.05. The number of alkyl halides is 2. The number of carboxylic acid groups (broad SMARTS) is 1. The van der Waals surface area contributed by atoms with Gasteiger partial charge in [0.2, 0.25) is 5.95 Å². The Bertz CT molecular complexity index is 1560. The number of halogens is 2. The van der Waals surface area contributed by atoms with E-state index in [4.69, 9.17) is 4.74 Å². The summed E-state index contributed by atoms with van der Waals surface area (Å²) < 4.78 is 34.4. The van der Waals surface area contributed by atoms with Gasteiger partial charge in [-0.3, -0.25) is 14.3 Å². The third-order valence-electron chi connectivity index (χ3n) is 7.47. The van der Waals surface area contributed by atoms with E-state index < -0.39 is 12.6 Å². The van der Waals surface area contributed by atoms with Crippen LogP contribution in [0.3, 0.4) is 0 Å². The zero-order valence-electron chi connectivity index (χ0n) is 20.3. The van der Waals surface area contributed by atoms with Crippen LogP contribution in [0.4, 0.5) is 14.7 Å². The van der Waals surface area contributed by atoms with Crippen LogP contribution in [0.15, 0.2) is 59.7 Å². The van der Waals surface area contributed by atoms with E-state index in [1.807, 2.05) is 21.7 Å². The topological polar surface area (TPSA) is 102 Å². The molecule has 1 saturated heterocycles. The maximum atomic E-state index is 13.1. The molecule has 1 atom stereocenters. The van der Waals surface area contributed by atoms with Gasteiger partial charge < -0.3 is 14.7 Å². The number of hydrogen-bond donors (Lipinski definition) is 1. The lowest BCUT2D eigenvalue weighted by atomic mass is 9.97. The van der Waals surface area contributed by atoms with Crippen LogP contribution in [-0.2, 0) is 11.3 Å². The van der Waals surface area contributed by atoms with Crippen LogP contribution < -0.4 is 15.2 Å². The Labute approximate surface area is 215 Å². The fourth-order valence-corrected chi connectivity index (χ4v) is 5.57. The molecular weight excluding hydrogens is 496 g/mol. The third kappa shape index (κ3) is 4.17. The highest BCUT2D eigenvalue weighted by molar-refractivity contribution is 5.84. The van der Waals surface area contributed by atoms with Crippen molar-refractivity contribution in [1.29, 1.82) is 0 Å². The van der Waals surface area contributed by atoms with E-state index in [1.165, 1.54) is 6.07 Å². The number of aromatic nitrogens is 4. The summed E-state index contributed by atoms with van der Waals surface area (Å²) in [5.41, 5.74) is 2.75. The highest BCUT2D eigenvalue weighted by atomic mass is 19.3. The number of rotatable bonds is 6. The molecule has 6 rings (SSSR count). The van der Waals surface area contributed by atoms with Crippen molar-refractivity contribution < 1.29 is 23.4 Å². The summed E-state index contributed by atoms with van der Waals surface area (Å²) in [5, 5.41) is 9.76. The number of anilines is 1. The molecule has 2 aromatic heterocycles. The van der Waals surface area contributed by atoms with Crippen molar-refractivity contribution in [3.63, 3.8) is 0 Å². The van der Waals surface area contributed by atoms with Crippen molar-refractivity contribution in [3.05, 3.63) is 70.8 Å². The molecular formula is C27H25F2N5O4. The molecule has 1 unspecified atom stereocenters. The van der Waals surface area contributed by atoms with Gasteiger partial charge in [-0.1, -0.05) is 24.3 Å². The van der Waals surface area contributed by atoms with E-state index in [-0.39, 0.29) is 23.3 Å². The van der Waals surface area contributed by atoms with Gasteiger partial charge in [-0.05, 0) is 43.0 Å². The van der Waals surface area contributed by atoms with Gasteiger partial charge in [0.1, 0.15) is 5.75 Å². The minimum atomic E-state index is -2.95. The number of fused-ring (bicyclic) bond motifs is 3. The number of carboxylic acids is 1. The summed E-state index contributed by atoms with van der Waals surface area (Å²) in [6.07, 6.45) is 5.12. The van der Waals surface area contributed by atoms with Crippen molar-refractivity contribution in [2.45, 2.75) is 38.5 Å². The lowest BCUT2D eigenvalue weighted by molar-refractivity contribution is -0.142. The van der Waals surface area contributed by atoms with Crippen LogP contribution in [0, 0.1) is 5.92 Å².